The van der Waals surface area contributed by atoms with E-state index in [1.54, 1.807) is 7.11 Å². The lowest BCUT2D eigenvalue weighted by Crippen LogP contribution is -2.01. The van der Waals surface area contributed by atoms with Crippen LogP contribution >= 0.6 is 0 Å². The Morgan fingerprint density at radius 3 is 2.57 bits per heavy atom. The number of pyridine rings is 1. The number of nitrogens with zero attached hydrogens (tertiary/aromatic N) is 3. The van der Waals surface area contributed by atoms with Gasteiger partial charge in [-0.1, -0.05) is 19.1 Å². The van der Waals surface area contributed by atoms with Gasteiger partial charge in [0.05, 0.1) is 24.6 Å². The van der Waals surface area contributed by atoms with E-state index in [1.165, 1.54) is 16.6 Å². The van der Waals surface area contributed by atoms with Crippen LogP contribution < -0.4 is 4.74 Å². The van der Waals surface area contributed by atoms with Crippen molar-refractivity contribution in [3.8, 4) is 5.75 Å². The van der Waals surface area contributed by atoms with Crippen molar-refractivity contribution in [1.82, 2.24) is 14.5 Å². The molecule has 0 aliphatic rings. The van der Waals surface area contributed by atoms with Crippen molar-refractivity contribution in [2.75, 3.05) is 7.11 Å². The summed E-state index contributed by atoms with van der Waals surface area (Å²) in [6.07, 6.45) is 4.82. The van der Waals surface area contributed by atoms with Crippen LogP contribution in [0.5, 0.6) is 5.75 Å². The lowest BCUT2D eigenvalue weighted by molar-refractivity contribution is 0.414. The van der Waals surface area contributed by atoms with E-state index in [0.717, 1.165) is 29.9 Å². The minimum Gasteiger partial charge on any atom is -0.497 e. The van der Waals surface area contributed by atoms with Crippen molar-refractivity contribution in [3.63, 3.8) is 0 Å². The third kappa shape index (κ3) is 2.49. The Hall–Kier alpha value is -2.36. The molecule has 0 saturated carbocycles. The average Bonchev–Trinajstić information content (AvgIpc) is 2.94. The highest BCUT2D eigenvalue weighted by atomic mass is 16.5. The van der Waals surface area contributed by atoms with E-state index in [9.17, 15) is 0 Å². The number of rotatable bonds is 4. The van der Waals surface area contributed by atoms with Gasteiger partial charge in [-0.3, -0.25) is 4.98 Å². The molecule has 0 atom stereocenters. The summed E-state index contributed by atoms with van der Waals surface area (Å²) in [7, 11) is 1.68. The molecular weight excluding hydrogens is 262 g/mol. The first-order valence-corrected chi connectivity index (χ1v) is 7.15. The largest absolute Gasteiger partial charge is 0.497 e. The maximum Gasteiger partial charge on any atom is 0.118 e. The molecule has 0 spiro atoms. The van der Waals surface area contributed by atoms with E-state index < -0.39 is 0 Å². The Bertz CT molecular complexity index is 760. The topological polar surface area (TPSA) is 39.9 Å². The smallest absolute Gasteiger partial charge is 0.118 e. The van der Waals surface area contributed by atoms with Crippen LogP contribution in [0.3, 0.4) is 0 Å². The van der Waals surface area contributed by atoms with Gasteiger partial charge in [0.1, 0.15) is 11.3 Å². The van der Waals surface area contributed by atoms with Gasteiger partial charge in [-0.25, -0.2) is 4.98 Å². The molecule has 0 saturated heterocycles. The van der Waals surface area contributed by atoms with Gasteiger partial charge >= 0.3 is 0 Å². The van der Waals surface area contributed by atoms with Gasteiger partial charge in [0.15, 0.2) is 0 Å². The van der Waals surface area contributed by atoms with Crippen LogP contribution in [0.15, 0.2) is 36.8 Å². The predicted molar refractivity (Wildman–Crippen MR) is 83.7 cm³/mol. The minimum atomic E-state index is 0.803. The van der Waals surface area contributed by atoms with E-state index in [0.29, 0.717) is 0 Å². The first-order chi connectivity index (χ1) is 10.2. The Labute approximate surface area is 124 Å². The van der Waals surface area contributed by atoms with E-state index in [2.05, 4.69) is 33.6 Å². The zero-order valence-corrected chi connectivity index (χ0v) is 12.6. The van der Waals surface area contributed by atoms with Gasteiger partial charge in [0.25, 0.3) is 0 Å². The Morgan fingerprint density at radius 2 is 1.90 bits per heavy atom. The fourth-order valence-electron chi connectivity index (χ4n) is 2.59. The number of fused-ring (bicyclic) bond motifs is 1. The summed E-state index contributed by atoms with van der Waals surface area (Å²) in [6, 6.07) is 8.15. The molecule has 4 heteroatoms. The second kappa shape index (κ2) is 5.56. The van der Waals surface area contributed by atoms with Crippen LogP contribution in [0.2, 0.25) is 0 Å². The maximum absolute atomic E-state index is 5.20. The molecule has 0 bridgehead atoms. The summed E-state index contributed by atoms with van der Waals surface area (Å²) < 4.78 is 7.40. The number of ether oxygens (including phenoxy) is 1. The highest BCUT2D eigenvalue weighted by Crippen LogP contribution is 2.22. The van der Waals surface area contributed by atoms with E-state index in [-0.39, 0.29) is 0 Å². The van der Waals surface area contributed by atoms with Gasteiger partial charge < -0.3 is 9.30 Å². The first-order valence-electron chi connectivity index (χ1n) is 7.15. The Kier molecular flexibility index (Phi) is 3.60. The zero-order valence-electron chi connectivity index (χ0n) is 12.6. The first kappa shape index (κ1) is 13.6. The summed E-state index contributed by atoms with van der Waals surface area (Å²) in [5, 5.41) is 0. The summed E-state index contributed by atoms with van der Waals surface area (Å²) in [5.74, 6) is 0.878. The summed E-state index contributed by atoms with van der Waals surface area (Å²) in [5.41, 5.74) is 5.65. The van der Waals surface area contributed by atoms with E-state index >= 15 is 0 Å². The lowest BCUT2D eigenvalue weighted by Gasteiger charge is -2.09. The number of aryl methyl sites for hydroxylation is 2. The van der Waals surface area contributed by atoms with Gasteiger partial charge in [-0.05, 0) is 36.6 Å². The van der Waals surface area contributed by atoms with Crippen LogP contribution in [0.25, 0.3) is 11.0 Å². The molecule has 108 valence electrons. The van der Waals surface area contributed by atoms with Gasteiger partial charge in [-0.15, -0.1) is 0 Å². The normalized spacial score (nSPS) is 11.0. The third-order valence-corrected chi connectivity index (χ3v) is 3.79. The highest BCUT2D eigenvalue weighted by molar-refractivity contribution is 5.80. The molecule has 4 nitrogen and oxygen atoms in total. The van der Waals surface area contributed by atoms with Crippen LogP contribution in [-0.4, -0.2) is 21.6 Å². The van der Waals surface area contributed by atoms with Crippen LogP contribution in [-0.2, 0) is 13.0 Å². The number of hydrogen-bond donors (Lipinski definition) is 0. The van der Waals surface area contributed by atoms with Crippen molar-refractivity contribution in [1.29, 1.82) is 0 Å². The molecule has 0 amide bonds. The summed E-state index contributed by atoms with van der Waals surface area (Å²) >= 11 is 0. The minimum absolute atomic E-state index is 0.803. The second-order valence-electron chi connectivity index (χ2n) is 5.14. The Balaban J connectivity index is 2.02. The quantitative estimate of drug-likeness (QED) is 0.736. The van der Waals surface area contributed by atoms with Crippen LogP contribution in [0.4, 0.5) is 0 Å². The molecule has 1 aromatic carbocycles. The van der Waals surface area contributed by atoms with Crippen LogP contribution in [0, 0.1) is 6.92 Å². The molecule has 0 N–H and O–H groups in total. The van der Waals surface area contributed by atoms with Crippen molar-refractivity contribution < 1.29 is 4.74 Å². The zero-order chi connectivity index (χ0) is 14.8. The lowest BCUT2D eigenvalue weighted by atomic mass is 10.1. The number of aromatic nitrogens is 3. The van der Waals surface area contributed by atoms with E-state index in [1.807, 2.05) is 31.6 Å². The molecule has 3 aromatic rings. The number of benzene rings is 1. The molecule has 3 rings (SSSR count). The van der Waals surface area contributed by atoms with Crippen LogP contribution in [0.1, 0.15) is 23.7 Å². The molecule has 21 heavy (non-hydrogen) atoms. The fraction of sp³-hybridized carbons (Fsp3) is 0.294. The molecule has 0 radical (unpaired) electrons. The summed E-state index contributed by atoms with van der Waals surface area (Å²) in [6.45, 7) is 4.96. The summed E-state index contributed by atoms with van der Waals surface area (Å²) in [4.78, 5) is 8.96. The van der Waals surface area contributed by atoms with E-state index in [4.69, 9.17) is 4.74 Å². The van der Waals surface area contributed by atoms with Gasteiger partial charge in [0, 0.05) is 12.7 Å². The highest BCUT2D eigenvalue weighted by Gasteiger charge is 2.10. The molecule has 0 unspecified atom stereocenters. The number of imidazole rings is 1. The van der Waals surface area contributed by atoms with Crippen molar-refractivity contribution in [3.05, 3.63) is 53.6 Å². The molecule has 0 fully saturated rings. The average molecular weight is 281 g/mol. The molecular formula is C17H19N3O. The monoisotopic (exact) mass is 281 g/mol. The molecule has 0 aliphatic carbocycles. The maximum atomic E-state index is 5.20. The van der Waals surface area contributed by atoms with Crippen molar-refractivity contribution in [2.24, 2.45) is 0 Å². The fourth-order valence-corrected chi connectivity index (χ4v) is 2.59. The SMILES string of the molecule is CCc1cnc(C)c2ncn(Cc3ccc(OC)cc3)c12. The Morgan fingerprint density at radius 1 is 1.14 bits per heavy atom. The second-order valence-corrected chi connectivity index (χ2v) is 5.14. The standard InChI is InChI=1S/C17H19N3O/c1-4-14-9-18-12(2)16-17(14)20(11-19-16)10-13-5-7-15(21-3)8-6-13/h5-9,11H,4,10H2,1-3H3. The molecule has 0 aliphatic heterocycles. The third-order valence-electron chi connectivity index (χ3n) is 3.79. The molecule has 2 heterocycles. The van der Waals surface area contributed by atoms with Crippen molar-refractivity contribution >= 4 is 11.0 Å². The van der Waals surface area contributed by atoms with Gasteiger partial charge in [-0.2, -0.15) is 0 Å². The predicted octanol–water partition coefficient (Wildman–Crippen LogP) is 3.36. The molecule has 2 aromatic heterocycles. The number of hydrogen-bond acceptors (Lipinski definition) is 3. The van der Waals surface area contributed by atoms with Gasteiger partial charge in [0.2, 0.25) is 0 Å². The van der Waals surface area contributed by atoms with Crippen molar-refractivity contribution in [2.45, 2.75) is 26.8 Å². The number of methoxy groups -OCH3 is 1.